The molecule has 0 radical (unpaired) electrons. The number of nitrogens with two attached hydrogens (primary N) is 1. The highest BCUT2D eigenvalue weighted by Gasteiger charge is 2.09. The van der Waals surface area contributed by atoms with Crippen LogP contribution in [0.5, 0.6) is 11.5 Å². The van der Waals surface area contributed by atoms with Crippen molar-refractivity contribution in [3.63, 3.8) is 0 Å². The summed E-state index contributed by atoms with van der Waals surface area (Å²) in [7, 11) is 2.95. The van der Waals surface area contributed by atoms with Crippen molar-refractivity contribution in [3.8, 4) is 11.5 Å². The van der Waals surface area contributed by atoms with Gasteiger partial charge in [-0.1, -0.05) is 0 Å². The Kier molecular flexibility index (Phi) is 5.27. The SMILES string of the molecule is COc1cc(F)c(CN)cc1OC.Cl. The quantitative estimate of drug-likeness (QED) is 0.846. The van der Waals surface area contributed by atoms with Gasteiger partial charge in [0.2, 0.25) is 0 Å². The van der Waals surface area contributed by atoms with Crippen LogP contribution < -0.4 is 15.2 Å². The highest BCUT2D eigenvalue weighted by molar-refractivity contribution is 5.85. The highest BCUT2D eigenvalue weighted by Crippen LogP contribution is 2.29. The molecular weight excluding hydrogens is 209 g/mol. The summed E-state index contributed by atoms with van der Waals surface area (Å²) in [6, 6.07) is 2.80. The fraction of sp³-hybridized carbons (Fsp3) is 0.333. The van der Waals surface area contributed by atoms with Gasteiger partial charge in [0.1, 0.15) is 5.82 Å². The predicted molar refractivity (Wildman–Crippen MR) is 54.6 cm³/mol. The molecule has 0 unspecified atom stereocenters. The normalized spacial score (nSPS) is 9.14. The van der Waals surface area contributed by atoms with Crippen LogP contribution in [0.1, 0.15) is 5.56 Å². The maximum atomic E-state index is 13.1. The zero-order valence-electron chi connectivity index (χ0n) is 8.04. The number of hydrogen-bond donors (Lipinski definition) is 1. The van der Waals surface area contributed by atoms with E-state index in [1.54, 1.807) is 0 Å². The maximum absolute atomic E-state index is 13.1. The van der Waals surface area contributed by atoms with Crippen molar-refractivity contribution in [1.29, 1.82) is 0 Å². The molecule has 1 aromatic rings. The van der Waals surface area contributed by atoms with Crippen molar-refractivity contribution in [3.05, 3.63) is 23.5 Å². The van der Waals surface area contributed by atoms with Crippen LogP contribution in [-0.2, 0) is 6.54 Å². The zero-order valence-corrected chi connectivity index (χ0v) is 8.86. The lowest BCUT2D eigenvalue weighted by molar-refractivity contribution is 0.351. The second-order valence-corrected chi connectivity index (χ2v) is 2.50. The summed E-state index contributed by atoms with van der Waals surface area (Å²) in [5.41, 5.74) is 5.74. The Hall–Kier alpha value is -1.00. The summed E-state index contributed by atoms with van der Waals surface area (Å²) in [4.78, 5) is 0. The molecule has 2 N–H and O–H groups in total. The summed E-state index contributed by atoms with van der Waals surface area (Å²) in [5, 5.41) is 0. The molecule has 0 aliphatic rings. The molecule has 1 rings (SSSR count). The van der Waals surface area contributed by atoms with Gasteiger partial charge in [-0.25, -0.2) is 4.39 Å². The summed E-state index contributed by atoms with van der Waals surface area (Å²) in [6.45, 7) is 0.145. The standard InChI is InChI=1S/C9H12FNO2.ClH/c1-12-8-3-6(5-11)7(10)4-9(8)13-2;/h3-4H,5,11H2,1-2H3;1H. The highest BCUT2D eigenvalue weighted by atomic mass is 35.5. The van der Waals surface area contributed by atoms with Gasteiger partial charge >= 0.3 is 0 Å². The average Bonchev–Trinajstić information content (AvgIpc) is 2.17. The zero-order chi connectivity index (χ0) is 9.84. The number of hydrogen-bond acceptors (Lipinski definition) is 3. The van der Waals surface area contributed by atoms with Crippen LogP contribution in [0.15, 0.2) is 12.1 Å². The van der Waals surface area contributed by atoms with E-state index in [4.69, 9.17) is 15.2 Å². The van der Waals surface area contributed by atoms with E-state index in [9.17, 15) is 4.39 Å². The van der Waals surface area contributed by atoms with E-state index in [1.165, 1.54) is 26.4 Å². The molecule has 0 bridgehead atoms. The van der Waals surface area contributed by atoms with E-state index in [1.807, 2.05) is 0 Å². The van der Waals surface area contributed by atoms with Gasteiger partial charge in [-0.15, -0.1) is 12.4 Å². The lowest BCUT2D eigenvalue weighted by Gasteiger charge is -2.09. The molecule has 0 heterocycles. The van der Waals surface area contributed by atoms with Crippen LogP contribution >= 0.6 is 12.4 Å². The Bertz CT molecular complexity index is 307. The molecule has 80 valence electrons. The van der Waals surface area contributed by atoms with E-state index in [0.29, 0.717) is 17.1 Å². The number of halogens is 2. The maximum Gasteiger partial charge on any atom is 0.163 e. The largest absolute Gasteiger partial charge is 0.493 e. The Labute approximate surface area is 88.4 Å². The first-order valence-electron chi connectivity index (χ1n) is 3.83. The average molecular weight is 222 g/mol. The predicted octanol–water partition coefficient (Wildman–Crippen LogP) is 1.72. The van der Waals surface area contributed by atoms with Crippen molar-refractivity contribution >= 4 is 12.4 Å². The minimum atomic E-state index is -0.375. The van der Waals surface area contributed by atoms with E-state index in [0.717, 1.165) is 0 Å². The fourth-order valence-corrected chi connectivity index (χ4v) is 1.05. The summed E-state index contributed by atoms with van der Waals surface area (Å²) >= 11 is 0. The first-order valence-corrected chi connectivity index (χ1v) is 3.83. The first kappa shape index (κ1) is 13.0. The van der Waals surface area contributed by atoms with Crippen molar-refractivity contribution < 1.29 is 13.9 Å². The number of methoxy groups -OCH3 is 2. The Balaban J connectivity index is 0.00000169. The molecule has 0 atom stereocenters. The topological polar surface area (TPSA) is 44.5 Å². The summed E-state index contributed by atoms with van der Waals surface area (Å²) in [6.07, 6.45) is 0. The molecule has 0 spiro atoms. The molecule has 0 amide bonds. The van der Waals surface area contributed by atoms with E-state index >= 15 is 0 Å². The minimum absolute atomic E-state index is 0. The number of benzene rings is 1. The van der Waals surface area contributed by atoms with Crippen molar-refractivity contribution in [2.75, 3.05) is 14.2 Å². The van der Waals surface area contributed by atoms with Gasteiger partial charge in [-0.3, -0.25) is 0 Å². The van der Waals surface area contributed by atoms with E-state index in [-0.39, 0.29) is 24.8 Å². The summed E-state index contributed by atoms with van der Waals surface area (Å²) < 4.78 is 23.0. The number of rotatable bonds is 3. The Morgan fingerprint density at radius 2 is 1.71 bits per heavy atom. The molecule has 14 heavy (non-hydrogen) atoms. The van der Waals surface area contributed by atoms with E-state index in [2.05, 4.69) is 0 Å². The lowest BCUT2D eigenvalue weighted by Crippen LogP contribution is -2.01. The van der Waals surface area contributed by atoms with Crippen LogP contribution in [-0.4, -0.2) is 14.2 Å². The molecule has 0 fully saturated rings. The smallest absolute Gasteiger partial charge is 0.163 e. The Morgan fingerprint density at radius 1 is 1.21 bits per heavy atom. The molecule has 0 saturated carbocycles. The molecular formula is C9H13ClFNO2. The van der Waals surface area contributed by atoms with Crippen LogP contribution in [0.25, 0.3) is 0 Å². The second-order valence-electron chi connectivity index (χ2n) is 2.50. The molecule has 5 heteroatoms. The fourth-order valence-electron chi connectivity index (χ4n) is 1.05. The first-order chi connectivity index (χ1) is 6.22. The van der Waals surface area contributed by atoms with Crippen molar-refractivity contribution in [1.82, 2.24) is 0 Å². The van der Waals surface area contributed by atoms with Gasteiger partial charge in [-0.05, 0) is 6.07 Å². The van der Waals surface area contributed by atoms with Gasteiger partial charge in [0, 0.05) is 18.2 Å². The van der Waals surface area contributed by atoms with Gasteiger partial charge < -0.3 is 15.2 Å². The lowest BCUT2D eigenvalue weighted by atomic mass is 10.2. The van der Waals surface area contributed by atoms with Crippen LogP contribution in [0.4, 0.5) is 4.39 Å². The Morgan fingerprint density at radius 3 is 2.14 bits per heavy atom. The summed E-state index contributed by atoms with van der Waals surface area (Å²) in [5.74, 6) is 0.488. The third-order valence-corrected chi connectivity index (χ3v) is 1.77. The third-order valence-electron chi connectivity index (χ3n) is 1.77. The number of ether oxygens (including phenoxy) is 2. The van der Waals surface area contributed by atoms with Gasteiger partial charge in [-0.2, -0.15) is 0 Å². The molecule has 0 aliphatic carbocycles. The second kappa shape index (κ2) is 5.67. The van der Waals surface area contributed by atoms with Gasteiger partial charge in [0.05, 0.1) is 14.2 Å². The van der Waals surface area contributed by atoms with Gasteiger partial charge in [0.25, 0.3) is 0 Å². The molecule has 0 aromatic heterocycles. The minimum Gasteiger partial charge on any atom is -0.493 e. The van der Waals surface area contributed by atoms with Crippen molar-refractivity contribution in [2.45, 2.75) is 6.54 Å². The monoisotopic (exact) mass is 221 g/mol. The van der Waals surface area contributed by atoms with E-state index < -0.39 is 0 Å². The molecule has 0 aliphatic heterocycles. The van der Waals surface area contributed by atoms with Crippen molar-refractivity contribution in [2.24, 2.45) is 5.73 Å². The molecule has 0 saturated heterocycles. The molecule has 3 nitrogen and oxygen atoms in total. The molecule has 1 aromatic carbocycles. The van der Waals surface area contributed by atoms with Gasteiger partial charge in [0.15, 0.2) is 11.5 Å². The third kappa shape index (κ3) is 2.49. The van der Waals surface area contributed by atoms with Crippen LogP contribution in [0.2, 0.25) is 0 Å². The van der Waals surface area contributed by atoms with Crippen LogP contribution in [0, 0.1) is 5.82 Å². The van der Waals surface area contributed by atoms with Crippen LogP contribution in [0.3, 0.4) is 0 Å².